The zero-order valence-corrected chi connectivity index (χ0v) is 22.0. The molecule has 0 unspecified atom stereocenters. The minimum Gasteiger partial charge on any atom is -0.495 e. The molecular weight excluding hydrogens is 500 g/mol. The van der Waals surface area contributed by atoms with Gasteiger partial charge in [-0.05, 0) is 47.7 Å². The number of carbonyl (C=O) groups excluding carboxylic acids is 1. The van der Waals surface area contributed by atoms with Crippen molar-refractivity contribution in [2.45, 2.75) is 12.8 Å². The highest BCUT2D eigenvalue weighted by atomic mass is 32.2. The SMILES string of the molecule is COc1cc(-c2cc(OCC[C@H]3CNC(=O)C3)c3scnc3c2)ccc1N1CCN(S(C)(=O)=O)CC1. The average Bonchev–Trinajstić information content (AvgIpc) is 3.52. The highest BCUT2D eigenvalue weighted by Gasteiger charge is 2.25. The molecule has 2 aliphatic rings. The van der Waals surface area contributed by atoms with Crippen LogP contribution in [-0.2, 0) is 14.8 Å². The molecule has 9 nitrogen and oxygen atoms in total. The van der Waals surface area contributed by atoms with Crippen molar-refractivity contribution in [2.24, 2.45) is 5.92 Å². The Hall–Kier alpha value is -2.89. The lowest BCUT2D eigenvalue weighted by Gasteiger charge is -2.35. The summed E-state index contributed by atoms with van der Waals surface area (Å²) in [5.41, 5.74) is 5.61. The van der Waals surface area contributed by atoms with Crippen LogP contribution in [0.25, 0.3) is 21.3 Å². The van der Waals surface area contributed by atoms with E-state index >= 15 is 0 Å². The number of anilines is 1. The number of hydrogen-bond donors (Lipinski definition) is 1. The van der Waals surface area contributed by atoms with Gasteiger partial charge < -0.3 is 19.7 Å². The molecule has 0 radical (unpaired) electrons. The van der Waals surface area contributed by atoms with Crippen LogP contribution in [0.2, 0.25) is 0 Å². The fourth-order valence-corrected chi connectivity index (χ4v) is 6.36. The summed E-state index contributed by atoms with van der Waals surface area (Å²) in [6.45, 7) is 3.37. The van der Waals surface area contributed by atoms with Crippen LogP contribution in [0.5, 0.6) is 11.5 Å². The number of sulfonamides is 1. The molecule has 2 aliphatic heterocycles. The lowest BCUT2D eigenvalue weighted by molar-refractivity contribution is -0.119. The number of fused-ring (bicyclic) bond motifs is 1. The number of nitrogens with one attached hydrogen (secondary N) is 1. The zero-order valence-electron chi connectivity index (χ0n) is 20.4. The zero-order chi connectivity index (χ0) is 25.3. The molecule has 1 atom stereocenters. The molecule has 36 heavy (non-hydrogen) atoms. The Morgan fingerprint density at radius 1 is 1.11 bits per heavy atom. The monoisotopic (exact) mass is 530 g/mol. The second-order valence-electron chi connectivity index (χ2n) is 9.22. The Morgan fingerprint density at radius 3 is 2.58 bits per heavy atom. The number of benzene rings is 2. The van der Waals surface area contributed by atoms with Crippen LogP contribution in [0.4, 0.5) is 5.69 Å². The number of thiazole rings is 1. The van der Waals surface area contributed by atoms with Crippen molar-refractivity contribution in [3.05, 3.63) is 35.8 Å². The highest BCUT2D eigenvalue weighted by Crippen LogP contribution is 2.38. The van der Waals surface area contributed by atoms with E-state index in [-0.39, 0.29) is 5.91 Å². The number of aromatic nitrogens is 1. The molecule has 3 aromatic rings. The normalized spacial score (nSPS) is 19.0. The van der Waals surface area contributed by atoms with Gasteiger partial charge in [-0.3, -0.25) is 4.79 Å². The van der Waals surface area contributed by atoms with Gasteiger partial charge in [0, 0.05) is 39.1 Å². The molecule has 5 rings (SSSR count). The first kappa shape index (κ1) is 24.8. The summed E-state index contributed by atoms with van der Waals surface area (Å²) in [5, 5.41) is 2.88. The van der Waals surface area contributed by atoms with Crippen LogP contribution in [0.3, 0.4) is 0 Å². The molecule has 1 amide bonds. The molecule has 0 spiro atoms. The lowest BCUT2D eigenvalue weighted by atomic mass is 10.0. The number of rotatable bonds is 8. The van der Waals surface area contributed by atoms with Crippen LogP contribution >= 0.6 is 11.3 Å². The Kier molecular flexibility index (Phi) is 7.05. The topological polar surface area (TPSA) is 101 Å². The average molecular weight is 531 g/mol. The molecule has 0 saturated carbocycles. The molecule has 2 aromatic carbocycles. The summed E-state index contributed by atoms with van der Waals surface area (Å²) in [6.07, 6.45) is 2.63. The largest absolute Gasteiger partial charge is 0.495 e. The summed E-state index contributed by atoms with van der Waals surface area (Å²) >= 11 is 1.55. The maximum absolute atomic E-state index is 11.9. The number of carbonyl (C=O) groups is 1. The first-order chi connectivity index (χ1) is 17.3. The third kappa shape index (κ3) is 5.28. The Bertz CT molecular complexity index is 1370. The van der Waals surface area contributed by atoms with Crippen molar-refractivity contribution in [2.75, 3.05) is 57.6 Å². The van der Waals surface area contributed by atoms with E-state index in [0.29, 0.717) is 51.7 Å². The number of nitrogens with zero attached hydrogens (tertiary/aromatic N) is 3. The van der Waals surface area contributed by atoms with Crippen molar-refractivity contribution < 1.29 is 22.7 Å². The molecule has 1 N–H and O–H groups in total. The molecule has 1 aromatic heterocycles. The van der Waals surface area contributed by atoms with Gasteiger partial charge in [0.2, 0.25) is 15.9 Å². The Morgan fingerprint density at radius 2 is 1.89 bits per heavy atom. The smallest absolute Gasteiger partial charge is 0.220 e. The first-order valence-electron chi connectivity index (χ1n) is 12.0. The molecule has 3 heterocycles. The number of methoxy groups -OCH3 is 1. The van der Waals surface area contributed by atoms with Gasteiger partial charge in [0.25, 0.3) is 0 Å². The number of piperazine rings is 1. The van der Waals surface area contributed by atoms with Crippen LogP contribution < -0.4 is 19.7 Å². The van der Waals surface area contributed by atoms with E-state index in [1.807, 2.05) is 29.8 Å². The van der Waals surface area contributed by atoms with E-state index in [2.05, 4.69) is 21.3 Å². The lowest BCUT2D eigenvalue weighted by Crippen LogP contribution is -2.48. The van der Waals surface area contributed by atoms with Crippen LogP contribution in [0.1, 0.15) is 12.8 Å². The summed E-state index contributed by atoms with van der Waals surface area (Å²) in [4.78, 5) is 18.1. The molecule has 0 bridgehead atoms. The van der Waals surface area contributed by atoms with Crippen LogP contribution in [-0.4, -0.2) is 76.3 Å². The molecular formula is C25H30N4O5S2. The van der Waals surface area contributed by atoms with Crippen LogP contribution in [0.15, 0.2) is 35.8 Å². The summed E-state index contributed by atoms with van der Waals surface area (Å²) < 4.78 is 38.1. The van der Waals surface area contributed by atoms with Gasteiger partial charge in [-0.1, -0.05) is 6.07 Å². The minimum absolute atomic E-state index is 0.113. The van der Waals surface area contributed by atoms with Crippen molar-refractivity contribution in [1.82, 2.24) is 14.6 Å². The Balaban J connectivity index is 1.35. The van der Waals surface area contributed by atoms with Gasteiger partial charge >= 0.3 is 0 Å². The van der Waals surface area contributed by atoms with E-state index in [1.165, 1.54) is 10.6 Å². The number of amides is 1. The number of ether oxygens (including phenoxy) is 2. The van der Waals surface area contributed by atoms with E-state index in [1.54, 1.807) is 18.4 Å². The van der Waals surface area contributed by atoms with Crippen molar-refractivity contribution >= 4 is 43.2 Å². The van der Waals surface area contributed by atoms with Gasteiger partial charge in [-0.2, -0.15) is 4.31 Å². The van der Waals surface area contributed by atoms with Gasteiger partial charge in [0.1, 0.15) is 11.5 Å². The fraction of sp³-hybridized carbons (Fsp3) is 0.440. The predicted octanol–water partition coefficient (Wildman–Crippen LogP) is 2.96. The fourth-order valence-electron chi connectivity index (χ4n) is 4.80. The van der Waals surface area contributed by atoms with Crippen molar-refractivity contribution in [3.8, 4) is 22.6 Å². The van der Waals surface area contributed by atoms with E-state index in [9.17, 15) is 13.2 Å². The standard InChI is InChI=1S/C25H30N4O5S2/c1-33-22-13-18(3-4-21(22)28-6-8-29(9-7-28)36(2,31)32)19-12-20-25(35-16-27-20)23(14-19)34-10-5-17-11-24(30)26-15-17/h3-4,12-14,16-17H,5-11,15H2,1-2H3,(H,26,30)/t17-/m1/s1. The summed E-state index contributed by atoms with van der Waals surface area (Å²) in [6, 6.07) is 10.2. The number of hydrogen-bond acceptors (Lipinski definition) is 8. The molecule has 0 aliphatic carbocycles. The van der Waals surface area contributed by atoms with Crippen molar-refractivity contribution in [1.29, 1.82) is 0 Å². The van der Waals surface area contributed by atoms with Gasteiger partial charge in [0.15, 0.2) is 0 Å². The van der Waals surface area contributed by atoms with E-state index < -0.39 is 10.0 Å². The van der Waals surface area contributed by atoms with E-state index in [0.717, 1.165) is 45.0 Å². The second kappa shape index (κ2) is 10.2. The third-order valence-electron chi connectivity index (χ3n) is 6.80. The van der Waals surface area contributed by atoms with Crippen LogP contribution in [0, 0.1) is 5.92 Å². The molecule has 2 fully saturated rings. The van der Waals surface area contributed by atoms with E-state index in [4.69, 9.17) is 9.47 Å². The maximum Gasteiger partial charge on any atom is 0.220 e. The summed E-state index contributed by atoms with van der Waals surface area (Å²) in [7, 11) is -1.53. The first-order valence-corrected chi connectivity index (χ1v) is 14.7. The predicted molar refractivity (Wildman–Crippen MR) is 141 cm³/mol. The molecule has 192 valence electrons. The third-order valence-corrected chi connectivity index (χ3v) is 8.96. The Labute approximate surface area is 215 Å². The van der Waals surface area contributed by atoms with Gasteiger partial charge in [-0.25, -0.2) is 13.4 Å². The second-order valence-corrected chi connectivity index (χ2v) is 12.1. The van der Waals surface area contributed by atoms with Gasteiger partial charge in [0.05, 0.1) is 41.4 Å². The summed E-state index contributed by atoms with van der Waals surface area (Å²) in [5.74, 6) is 1.96. The van der Waals surface area contributed by atoms with Gasteiger partial charge in [-0.15, -0.1) is 11.3 Å². The quantitative estimate of drug-likeness (QED) is 0.478. The minimum atomic E-state index is -3.18. The molecule has 2 saturated heterocycles. The maximum atomic E-state index is 11.9. The van der Waals surface area contributed by atoms with Crippen molar-refractivity contribution in [3.63, 3.8) is 0 Å². The molecule has 11 heteroatoms. The highest BCUT2D eigenvalue weighted by molar-refractivity contribution is 7.88.